The number of ether oxygens (including phenoxy) is 1. The fourth-order valence-electron chi connectivity index (χ4n) is 2.64. The highest BCUT2D eigenvalue weighted by atomic mass is 35.5. The Kier molecular flexibility index (Phi) is 3.33. The smallest absolute Gasteiger partial charge is 0.292 e. The average Bonchev–Trinajstić information content (AvgIpc) is 3.10. The van der Waals surface area contributed by atoms with Crippen molar-refractivity contribution in [3.63, 3.8) is 0 Å². The standard InChI is InChI=1S/C13H15ClN2O3/c14-9-3-4-12(16(17)18)11(7-9)15-10-5-6-19-13(10)8-1-2-8/h3-4,7-8,10,13,15H,1-2,5-6H2. The molecule has 2 aliphatic rings. The molecule has 0 bridgehead atoms. The molecule has 1 saturated carbocycles. The number of nitro groups is 1. The summed E-state index contributed by atoms with van der Waals surface area (Å²) in [5, 5.41) is 14.8. The van der Waals surface area contributed by atoms with Gasteiger partial charge >= 0.3 is 0 Å². The third-order valence-electron chi connectivity index (χ3n) is 3.72. The maximum absolute atomic E-state index is 11.0. The van der Waals surface area contributed by atoms with Crippen molar-refractivity contribution >= 4 is 23.0 Å². The topological polar surface area (TPSA) is 64.4 Å². The van der Waals surface area contributed by atoms with E-state index in [0.717, 1.165) is 6.42 Å². The van der Waals surface area contributed by atoms with Crippen LogP contribution in [-0.4, -0.2) is 23.7 Å². The molecule has 2 unspecified atom stereocenters. The molecule has 0 amide bonds. The van der Waals surface area contributed by atoms with E-state index in [1.165, 1.54) is 25.0 Å². The maximum Gasteiger partial charge on any atom is 0.292 e. The van der Waals surface area contributed by atoms with Crippen LogP contribution in [0.15, 0.2) is 18.2 Å². The molecule has 5 nitrogen and oxygen atoms in total. The summed E-state index contributed by atoms with van der Waals surface area (Å²) in [5.41, 5.74) is 0.546. The second-order valence-corrected chi connectivity index (χ2v) is 5.57. The quantitative estimate of drug-likeness (QED) is 0.680. The lowest BCUT2D eigenvalue weighted by Crippen LogP contribution is -2.31. The number of hydrogen-bond donors (Lipinski definition) is 1. The van der Waals surface area contributed by atoms with Gasteiger partial charge in [0.1, 0.15) is 5.69 Å². The minimum atomic E-state index is -0.388. The first-order valence-electron chi connectivity index (χ1n) is 6.47. The third-order valence-corrected chi connectivity index (χ3v) is 3.95. The zero-order chi connectivity index (χ0) is 13.4. The molecule has 1 aromatic rings. The molecule has 19 heavy (non-hydrogen) atoms. The lowest BCUT2D eigenvalue weighted by molar-refractivity contribution is -0.384. The van der Waals surface area contributed by atoms with E-state index in [9.17, 15) is 10.1 Å². The predicted molar refractivity (Wildman–Crippen MR) is 72.6 cm³/mol. The van der Waals surface area contributed by atoms with Crippen LogP contribution in [0.4, 0.5) is 11.4 Å². The highest BCUT2D eigenvalue weighted by Gasteiger charge is 2.41. The Bertz CT molecular complexity index is 505. The van der Waals surface area contributed by atoms with Gasteiger partial charge in [0.15, 0.2) is 0 Å². The van der Waals surface area contributed by atoms with Gasteiger partial charge in [0.05, 0.1) is 17.1 Å². The zero-order valence-corrected chi connectivity index (χ0v) is 11.1. The van der Waals surface area contributed by atoms with Crippen LogP contribution in [-0.2, 0) is 4.74 Å². The summed E-state index contributed by atoms with van der Waals surface area (Å²) in [6.07, 6.45) is 3.45. The molecule has 1 N–H and O–H groups in total. The minimum Gasteiger partial charge on any atom is -0.376 e. The third kappa shape index (κ3) is 2.67. The molecule has 0 radical (unpaired) electrons. The van der Waals surface area contributed by atoms with E-state index >= 15 is 0 Å². The van der Waals surface area contributed by atoms with Gasteiger partial charge in [-0.1, -0.05) is 11.6 Å². The first kappa shape index (κ1) is 12.7. The van der Waals surface area contributed by atoms with Gasteiger partial charge < -0.3 is 10.1 Å². The maximum atomic E-state index is 11.0. The van der Waals surface area contributed by atoms with Crippen molar-refractivity contribution in [3.05, 3.63) is 33.3 Å². The minimum absolute atomic E-state index is 0.0610. The summed E-state index contributed by atoms with van der Waals surface area (Å²) >= 11 is 5.92. The Labute approximate surface area is 116 Å². The van der Waals surface area contributed by atoms with E-state index in [1.54, 1.807) is 6.07 Å². The van der Waals surface area contributed by atoms with E-state index in [2.05, 4.69) is 5.32 Å². The van der Waals surface area contributed by atoms with Crippen LogP contribution in [0.5, 0.6) is 0 Å². The monoisotopic (exact) mass is 282 g/mol. The van der Waals surface area contributed by atoms with Crippen molar-refractivity contribution in [1.29, 1.82) is 0 Å². The predicted octanol–water partition coefficient (Wildman–Crippen LogP) is 3.23. The van der Waals surface area contributed by atoms with E-state index in [1.807, 2.05) is 0 Å². The second kappa shape index (κ2) is 4.98. The summed E-state index contributed by atoms with van der Waals surface area (Å²) < 4.78 is 5.73. The summed E-state index contributed by atoms with van der Waals surface area (Å²) in [7, 11) is 0. The SMILES string of the molecule is O=[N+]([O-])c1ccc(Cl)cc1NC1CCOC1C1CC1. The number of halogens is 1. The molecule has 6 heteroatoms. The normalized spacial score (nSPS) is 26.4. The largest absolute Gasteiger partial charge is 0.376 e. The number of rotatable bonds is 4. The van der Waals surface area contributed by atoms with Crippen molar-refractivity contribution in [2.24, 2.45) is 5.92 Å². The van der Waals surface area contributed by atoms with Crippen LogP contribution in [0.2, 0.25) is 5.02 Å². The van der Waals surface area contributed by atoms with E-state index < -0.39 is 0 Å². The van der Waals surface area contributed by atoms with Gasteiger partial charge in [0, 0.05) is 17.7 Å². The van der Waals surface area contributed by atoms with Crippen LogP contribution in [0.25, 0.3) is 0 Å². The fraction of sp³-hybridized carbons (Fsp3) is 0.538. The molecule has 0 spiro atoms. The van der Waals surface area contributed by atoms with Crippen LogP contribution in [0.1, 0.15) is 19.3 Å². The number of anilines is 1. The highest BCUT2D eigenvalue weighted by Crippen LogP contribution is 2.40. The number of nitrogens with one attached hydrogen (secondary N) is 1. The molecular formula is C13H15ClN2O3. The fourth-order valence-corrected chi connectivity index (χ4v) is 2.81. The molecule has 1 heterocycles. The van der Waals surface area contributed by atoms with Crippen molar-refractivity contribution < 1.29 is 9.66 Å². The van der Waals surface area contributed by atoms with Gasteiger partial charge in [0.25, 0.3) is 5.69 Å². The van der Waals surface area contributed by atoms with Gasteiger partial charge in [0.2, 0.25) is 0 Å². The Morgan fingerprint density at radius 3 is 2.84 bits per heavy atom. The van der Waals surface area contributed by atoms with Crippen LogP contribution >= 0.6 is 11.6 Å². The molecule has 2 fully saturated rings. The molecule has 1 aromatic carbocycles. The van der Waals surface area contributed by atoms with Crippen LogP contribution in [0.3, 0.4) is 0 Å². The van der Waals surface area contributed by atoms with Crippen molar-refractivity contribution in [3.8, 4) is 0 Å². The highest BCUT2D eigenvalue weighted by molar-refractivity contribution is 6.31. The van der Waals surface area contributed by atoms with Crippen LogP contribution < -0.4 is 5.32 Å². The lowest BCUT2D eigenvalue weighted by Gasteiger charge is -2.20. The Balaban J connectivity index is 1.81. The lowest BCUT2D eigenvalue weighted by atomic mass is 10.1. The van der Waals surface area contributed by atoms with Gasteiger partial charge in [-0.3, -0.25) is 10.1 Å². The molecule has 102 valence electrons. The summed E-state index contributed by atoms with van der Waals surface area (Å²) in [6.45, 7) is 0.715. The molecule has 3 rings (SSSR count). The number of benzene rings is 1. The molecule has 1 saturated heterocycles. The molecule has 0 aromatic heterocycles. The van der Waals surface area contributed by atoms with Crippen molar-refractivity contribution in [2.75, 3.05) is 11.9 Å². The summed E-state index contributed by atoms with van der Waals surface area (Å²) in [6, 6.07) is 4.73. The Morgan fingerprint density at radius 2 is 2.16 bits per heavy atom. The zero-order valence-electron chi connectivity index (χ0n) is 10.3. The first-order chi connectivity index (χ1) is 9.15. The number of nitrogens with zero attached hydrogens (tertiary/aromatic N) is 1. The van der Waals surface area contributed by atoms with Gasteiger partial charge in [-0.2, -0.15) is 0 Å². The first-order valence-corrected chi connectivity index (χ1v) is 6.85. The van der Waals surface area contributed by atoms with Gasteiger partial charge in [-0.05, 0) is 37.3 Å². The molecule has 1 aliphatic heterocycles. The molecular weight excluding hydrogens is 268 g/mol. The van der Waals surface area contributed by atoms with Crippen molar-refractivity contribution in [2.45, 2.75) is 31.4 Å². The second-order valence-electron chi connectivity index (χ2n) is 5.13. The summed E-state index contributed by atoms with van der Waals surface area (Å²) in [4.78, 5) is 10.6. The number of hydrogen-bond acceptors (Lipinski definition) is 4. The summed E-state index contributed by atoms with van der Waals surface area (Å²) in [5.74, 6) is 0.609. The van der Waals surface area contributed by atoms with Crippen LogP contribution in [0, 0.1) is 16.0 Å². The number of nitro benzene ring substituents is 1. The van der Waals surface area contributed by atoms with Gasteiger partial charge in [-0.25, -0.2) is 0 Å². The Hall–Kier alpha value is -1.33. The van der Waals surface area contributed by atoms with Crippen molar-refractivity contribution in [1.82, 2.24) is 0 Å². The Morgan fingerprint density at radius 1 is 1.37 bits per heavy atom. The van der Waals surface area contributed by atoms with Gasteiger partial charge in [-0.15, -0.1) is 0 Å². The van der Waals surface area contributed by atoms with E-state index in [0.29, 0.717) is 23.2 Å². The molecule has 1 aliphatic carbocycles. The molecule has 2 atom stereocenters. The van der Waals surface area contributed by atoms with E-state index in [4.69, 9.17) is 16.3 Å². The average molecular weight is 283 g/mol. The van der Waals surface area contributed by atoms with E-state index in [-0.39, 0.29) is 22.8 Å².